The number of hydrogen-bond acceptors (Lipinski definition) is 3. The topological polar surface area (TPSA) is 43.6 Å². The first-order valence-electron chi connectivity index (χ1n) is 25.0. The lowest BCUT2D eigenvalue weighted by Crippen LogP contribution is -2.40. The van der Waals surface area contributed by atoms with Gasteiger partial charge in [0.1, 0.15) is 0 Å². The van der Waals surface area contributed by atoms with Crippen LogP contribution in [-0.4, -0.2) is 19.5 Å². The second-order valence-electron chi connectivity index (χ2n) is 19.9. The van der Waals surface area contributed by atoms with Gasteiger partial charge in [0.05, 0.1) is 16.4 Å². The molecule has 0 aliphatic heterocycles. The van der Waals surface area contributed by atoms with Crippen LogP contribution in [0.25, 0.3) is 89.2 Å². The SMILES string of the molecule is CC1(C)c2ccccc2C2(c3ccccc3-c3ccc(-c4ccc(-c5nc(C6=CC(n7c8ccccc8c8ccccc87)=CC=CC6)nc(-c6ccc(-c7ccccc7)cc6)n5)cc4)cc32)c2ccccc21. The highest BCUT2D eigenvalue weighted by atomic mass is 15.0. The molecule has 0 amide bonds. The lowest BCUT2D eigenvalue weighted by atomic mass is 9.55. The van der Waals surface area contributed by atoms with Gasteiger partial charge in [-0.3, -0.25) is 0 Å². The minimum atomic E-state index is -0.458. The number of benzene rings is 9. The van der Waals surface area contributed by atoms with Crippen molar-refractivity contribution in [2.75, 3.05) is 0 Å². The Bertz CT molecular complexity index is 3970. The Hall–Kier alpha value is -8.99. The quantitative estimate of drug-likeness (QED) is 0.167. The molecular weight excluding hydrogens is 873 g/mol. The van der Waals surface area contributed by atoms with E-state index in [0.717, 1.165) is 44.6 Å². The molecule has 4 heteroatoms. The van der Waals surface area contributed by atoms with E-state index in [9.17, 15) is 0 Å². The molecule has 2 aromatic heterocycles. The number of aromatic nitrogens is 4. The van der Waals surface area contributed by atoms with Gasteiger partial charge in [-0.2, -0.15) is 0 Å². The third kappa shape index (κ3) is 6.35. The molecule has 4 nitrogen and oxygen atoms in total. The maximum atomic E-state index is 5.32. The van der Waals surface area contributed by atoms with Gasteiger partial charge in [-0.05, 0) is 104 Å². The molecular formula is C68H48N4. The monoisotopic (exact) mass is 920 g/mol. The summed E-state index contributed by atoms with van der Waals surface area (Å²) >= 11 is 0. The summed E-state index contributed by atoms with van der Waals surface area (Å²) in [5.41, 5.74) is 21.0. The van der Waals surface area contributed by atoms with Crippen molar-refractivity contribution in [2.24, 2.45) is 0 Å². The molecule has 2 heterocycles. The fourth-order valence-corrected chi connectivity index (χ4v) is 12.2. The van der Waals surface area contributed by atoms with Crippen LogP contribution in [0.5, 0.6) is 0 Å². The van der Waals surface area contributed by atoms with Gasteiger partial charge in [0.15, 0.2) is 17.5 Å². The fraction of sp³-hybridized carbons (Fsp3) is 0.0735. The molecule has 3 aliphatic carbocycles. The van der Waals surface area contributed by atoms with E-state index in [1.807, 2.05) is 6.07 Å². The van der Waals surface area contributed by atoms with Crippen LogP contribution in [0.2, 0.25) is 0 Å². The molecule has 9 aromatic carbocycles. The Morgan fingerprint density at radius 2 is 0.847 bits per heavy atom. The second kappa shape index (κ2) is 16.3. The van der Waals surface area contributed by atoms with Crippen molar-refractivity contribution in [1.82, 2.24) is 19.5 Å². The Morgan fingerprint density at radius 3 is 1.47 bits per heavy atom. The first-order chi connectivity index (χ1) is 35.4. The lowest BCUT2D eigenvalue weighted by molar-refractivity contribution is 0.563. The molecule has 0 radical (unpaired) electrons. The zero-order chi connectivity index (χ0) is 48.0. The minimum Gasteiger partial charge on any atom is -0.309 e. The zero-order valence-corrected chi connectivity index (χ0v) is 40.1. The van der Waals surface area contributed by atoms with Crippen LogP contribution in [0.4, 0.5) is 0 Å². The van der Waals surface area contributed by atoms with E-state index in [1.165, 1.54) is 66.4 Å². The molecule has 0 saturated heterocycles. The van der Waals surface area contributed by atoms with Crippen LogP contribution < -0.4 is 0 Å². The van der Waals surface area contributed by atoms with Gasteiger partial charge in [-0.25, -0.2) is 15.0 Å². The first-order valence-corrected chi connectivity index (χ1v) is 25.0. The smallest absolute Gasteiger partial charge is 0.164 e. The summed E-state index contributed by atoms with van der Waals surface area (Å²) in [5.74, 6) is 1.92. The Labute approximate surface area is 419 Å². The van der Waals surface area contributed by atoms with Crippen LogP contribution >= 0.6 is 0 Å². The van der Waals surface area contributed by atoms with Crippen molar-refractivity contribution in [3.05, 3.63) is 282 Å². The second-order valence-corrected chi connectivity index (χ2v) is 19.9. The van der Waals surface area contributed by atoms with Gasteiger partial charge in [0.25, 0.3) is 0 Å². The van der Waals surface area contributed by atoms with Crippen molar-refractivity contribution in [2.45, 2.75) is 31.1 Å². The molecule has 340 valence electrons. The highest BCUT2D eigenvalue weighted by Gasteiger charge is 2.53. The van der Waals surface area contributed by atoms with Crippen LogP contribution in [0.15, 0.2) is 243 Å². The predicted molar refractivity (Wildman–Crippen MR) is 296 cm³/mol. The average molecular weight is 921 g/mol. The zero-order valence-electron chi connectivity index (χ0n) is 40.1. The van der Waals surface area contributed by atoms with Crippen LogP contribution in [0.1, 0.15) is 59.5 Å². The maximum absolute atomic E-state index is 5.32. The summed E-state index contributed by atoms with van der Waals surface area (Å²) in [7, 11) is 0. The van der Waals surface area contributed by atoms with Crippen molar-refractivity contribution in [3.8, 4) is 56.2 Å². The minimum absolute atomic E-state index is 0.154. The highest BCUT2D eigenvalue weighted by Crippen LogP contribution is 2.62. The molecule has 0 bridgehead atoms. The van der Waals surface area contributed by atoms with E-state index in [1.54, 1.807) is 0 Å². The van der Waals surface area contributed by atoms with Crippen molar-refractivity contribution < 1.29 is 0 Å². The summed E-state index contributed by atoms with van der Waals surface area (Å²) in [5, 5.41) is 2.45. The summed E-state index contributed by atoms with van der Waals surface area (Å²) < 4.78 is 2.36. The summed E-state index contributed by atoms with van der Waals surface area (Å²) in [6.45, 7) is 4.76. The molecule has 0 atom stereocenters. The van der Waals surface area contributed by atoms with E-state index in [2.05, 4.69) is 255 Å². The Morgan fingerprint density at radius 1 is 0.389 bits per heavy atom. The number of rotatable bonds is 6. The first kappa shape index (κ1) is 41.9. The molecule has 0 N–H and O–H groups in total. The standard InChI is InChI=1S/C68H48N4/c1-67(2)57-26-12-14-28-59(57)68(60-29-15-13-27-58(60)67)56-25-11-8-22-52(56)53-41-40-49(43-61(53)68)46-34-38-48(39-35-46)65-69-64(47-36-32-45(33-37-47)44-18-4-3-5-19-44)70-66(71-65)50-20-6-7-21-51(42-50)72-62-30-16-9-23-54(62)55-24-10-17-31-63(55)72/h3-19,21-43H,20H2,1-2H3. The number of allylic oxidation sites excluding steroid dienone is 6. The van der Waals surface area contributed by atoms with Crippen LogP contribution in [0.3, 0.4) is 0 Å². The number of fused-ring (bicyclic) bond motifs is 12. The Balaban J connectivity index is 0.892. The molecule has 0 fully saturated rings. The van der Waals surface area contributed by atoms with Gasteiger partial charge < -0.3 is 4.57 Å². The van der Waals surface area contributed by atoms with Gasteiger partial charge >= 0.3 is 0 Å². The third-order valence-electron chi connectivity index (χ3n) is 15.6. The van der Waals surface area contributed by atoms with E-state index in [-0.39, 0.29) is 5.41 Å². The van der Waals surface area contributed by atoms with E-state index in [4.69, 9.17) is 15.0 Å². The molecule has 3 aliphatic rings. The average Bonchev–Trinajstić information content (AvgIpc) is 3.81. The highest BCUT2D eigenvalue weighted by molar-refractivity contribution is 6.10. The number of para-hydroxylation sites is 2. The largest absolute Gasteiger partial charge is 0.309 e. The van der Waals surface area contributed by atoms with Crippen LogP contribution in [-0.2, 0) is 10.8 Å². The molecule has 1 spiro atoms. The van der Waals surface area contributed by atoms with E-state index < -0.39 is 5.41 Å². The predicted octanol–water partition coefficient (Wildman–Crippen LogP) is 16.5. The molecule has 72 heavy (non-hydrogen) atoms. The Kier molecular flexibility index (Phi) is 9.49. The molecule has 14 rings (SSSR count). The van der Waals surface area contributed by atoms with Gasteiger partial charge in [-0.1, -0.05) is 226 Å². The summed E-state index contributed by atoms with van der Waals surface area (Å²) in [6, 6.07) is 79.6. The number of nitrogens with zero attached hydrogens (tertiary/aromatic N) is 4. The molecule has 0 saturated carbocycles. The van der Waals surface area contributed by atoms with Crippen molar-refractivity contribution in [3.63, 3.8) is 0 Å². The van der Waals surface area contributed by atoms with Gasteiger partial charge in [0.2, 0.25) is 0 Å². The maximum Gasteiger partial charge on any atom is 0.164 e. The summed E-state index contributed by atoms with van der Waals surface area (Å²) in [6.07, 6.45) is 9.47. The van der Waals surface area contributed by atoms with Gasteiger partial charge in [0, 0.05) is 38.6 Å². The van der Waals surface area contributed by atoms with Crippen molar-refractivity contribution in [1.29, 1.82) is 0 Å². The molecule has 11 aromatic rings. The van der Waals surface area contributed by atoms with Gasteiger partial charge in [-0.15, -0.1) is 0 Å². The normalized spacial score (nSPS) is 14.8. The third-order valence-corrected chi connectivity index (χ3v) is 15.6. The summed E-state index contributed by atoms with van der Waals surface area (Å²) in [4.78, 5) is 15.8. The number of hydrogen-bond donors (Lipinski definition) is 0. The van der Waals surface area contributed by atoms with Crippen LogP contribution in [0, 0.1) is 0 Å². The molecule has 0 unspecified atom stereocenters. The van der Waals surface area contributed by atoms with E-state index >= 15 is 0 Å². The van der Waals surface area contributed by atoms with E-state index in [0.29, 0.717) is 23.9 Å². The van der Waals surface area contributed by atoms with Crippen molar-refractivity contribution >= 4 is 33.1 Å². The lowest BCUT2D eigenvalue weighted by Gasteiger charge is -2.46. The fourth-order valence-electron chi connectivity index (χ4n) is 12.2.